The highest BCUT2D eigenvalue weighted by Crippen LogP contribution is 2.62. The van der Waals surface area contributed by atoms with E-state index in [1.54, 1.807) is 0 Å². The van der Waals surface area contributed by atoms with Gasteiger partial charge in [0.1, 0.15) is 0 Å². The van der Waals surface area contributed by atoms with E-state index in [2.05, 4.69) is 6.92 Å². The first kappa shape index (κ1) is 14.9. The topological polar surface area (TPSA) is 57.5 Å². The number of fused-ring (bicyclic) bond motifs is 5. The Kier molecular flexibility index (Phi) is 3.50. The van der Waals surface area contributed by atoms with Crippen molar-refractivity contribution in [2.24, 2.45) is 35.0 Å². The van der Waals surface area contributed by atoms with Crippen LogP contribution in [0.1, 0.15) is 51.9 Å². The number of aliphatic hydroxyl groups excluding tert-OH is 2. The summed E-state index contributed by atoms with van der Waals surface area (Å²) >= 11 is 0. The molecule has 3 saturated carbocycles. The number of carbonyl (C=O) groups excluding carboxylic acids is 1. The van der Waals surface area contributed by atoms with Gasteiger partial charge in [0.05, 0.1) is 6.10 Å². The molecule has 0 aromatic rings. The van der Waals surface area contributed by atoms with Crippen LogP contribution in [-0.2, 0) is 4.79 Å². The number of rotatable bonds is 1. The van der Waals surface area contributed by atoms with Gasteiger partial charge in [0.25, 0.3) is 0 Å². The van der Waals surface area contributed by atoms with Gasteiger partial charge in [-0.25, -0.2) is 0 Å². The van der Waals surface area contributed by atoms with Gasteiger partial charge in [0.15, 0.2) is 5.78 Å². The Hall–Kier alpha value is -0.670. The predicted molar refractivity (Wildman–Crippen MR) is 84.1 cm³/mol. The number of ketones is 1. The SMILES string of the molecule is C[C@]12CC[C@H]3[C@@H](CCC4=CC(=O)CC[C@@H]43)[C@@H]1C[C@H](CO)[C@@H]2O. The monoisotopic (exact) mass is 304 g/mol. The standard InChI is InChI=1S/C19H28O3/c1-19-7-6-15-14-5-3-13(21)8-11(14)2-4-16(15)17(19)9-12(10-20)18(19)22/h8,12,14-18,20,22H,2-7,9-10H2,1H3/t12-,14+,15-,16-,17+,18+,19+/m1/s1. The molecule has 3 heteroatoms. The van der Waals surface area contributed by atoms with Crippen LogP contribution in [0.3, 0.4) is 0 Å². The molecule has 7 atom stereocenters. The van der Waals surface area contributed by atoms with Crippen molar-refractivity contribution in [1.29, 1.82) is 0 Å². The minimum absolute atomic E-state index is 0.000265. The van der Waals surface area contributed by atoms with Crippen LogP contribution in [0, 0.1) is 35.0 Å². The average molecular weight is 304 g/mol. The summed E-state index contributed by atoms with van der Waals surface area (Å²) in [6.45, 7) is 2.37. The van der Waals surface area contributed by atoms with Crippen molar-refractivity contribution >= 4 is 5.78 Å². The van der Waals surface area contributed by atoms with E-state index in [-0.39, 0.29) is 24.0 Å². The Morgan fingerprint density at radius 1 is 1.23 bits per heavy atom. The quantitative estimate of drug-likeness (QED) is 0.783. The summed E-state index contributed by atoms with van der Waals surface area (Å²) in [5.74, 6) is 2.95. The molecule has 0 heterocycles. The minimum Gasteiger partial charge on any atom is -0.396 e. The highest BCUT2D eigenvalue weighted by atomic mass is 16.3. The summed E-state index contributed by atoms with van der Waals surface area (Å²) in [5.41, 5.74) is 1.42. The Morgan fingerprint density at radius 3 is 2.82 bits per heavy atom. The molecular formula is C19H28O3. The second kappa shape index (κ2) is 5.17. The Bertz CT molecular complexity index is 511. The zero-order valence-corrected chi connectivity index (χ0v) is 13.5. The van der Waals surface area contributed by atoms with Gasteiger partial charge < -0.3 is 10.2 Å². The van der Waals surface area contributed by atoms with Crippen LogP contribution in [0.15, 0.2) is 11.6 Å². The summed E-state index contributed by atoms with van der Waals surface area (Å²) in [4.78, 5) is 11.7. The molecule has 2 N–H and O–H groups in total. The first-order chi connectivity index (χ1) is 10.5. The molecule has 3 fully saturated rings. The van der Waals surface area contributed by atoms with Crippen molar-refractivity contribution in [1.82, 2.24) is 0 Å². The third-order valence-corrected chi connectivity index (χ3v) is 7.65. The molecule has 0 saturated heterocycles. The van der Waals surface area contributed by atoms with E-state index in [1.807, 2.05) is 6.08 Å². The second-order valence-corrected chi connectivity index (χ2v) is 8.47. The zero-order chi connectivity index (χ0) is 15.5. The van der Waals surface area contributed by atoms with Crippen molar-refractivity contribution in [2.45, 2.75) is 58.0 Å². The van der Waals surface area contributed by atoms with E-state index in [9.17, 15) is 15.0 Å². The second-order valence-electron chi connectivity index (χ2n) is 8.47. The molecule has 0 aromatic heterocycles. The van der Waals surface area contributed by atoms with Gasteiger partial charge in [-0.15, -0.1) is 0 Å². The van der Waals surface area contributed by atoms with Gasteiger partial charge >= 0.3 is 0 Å². The highest BCUT2D eigenvalue weighted by molar-refractivity contribution is 5.91. The lowest BCUT2D eigenvalue weighted by Gasteiger charge is -2.53. The highest BCUT2D eigenvalue weighted by Gasteiger charge is 2.58. The molecule has 4 rings (SSSR count). The zero-order valence-electron chi connectivity index (χ0n) is 13.5. The number of aliphatic hydroxyl groups is 2. The summed E-state index contributed by atoms with van der Waals surface area (Å²) in [7, 11) is 0. The first-order valence-corrected chi connectivity index (χ1v) is 9.07. The van der Waals surface area contributed by atoms with Crippen molar-refractivity contribution in [3.8, 4) is 0 Å². The van der Waals surface area contributed by atoms with Crippen molar-refractivity contribution in [3.05, 3.63) is 11.6 Å². The van der Waals surface area contributed by atoms with Gasteiger partial charge in [0.2, 0.25) is 0 Å². The number of hydrogen-bond donors (Lipinski definition) is 2. The van der Waals surface area contributed by atoms with E-state index in [1.165, 1.54) is 18.4 Å². The fourth-order valence-electron chi connectivity index (χ4n) is 6.51. The molecule has 0 radical (unpaired) electrons. The molecule has 122 valence electrons. The molecule has 4 aliphatic carbocycles. The van der Waals surface area contributed by atoms with Gasteiger partial charge in [-0.1, -0.05) is 12.5 Å². The number of hydrogen-bond acceptors (Lipinski definition) is 3. The van der Waals surface area contributed by atoms with Gasteiger partial charge in [0, 0.05) is 18.9 Å². The molecule has 0 unspecified atom stereocenters. The summed E-state index contributed by atoms with van der Waals surface area (Å²) in [6.07, 6.45) is 8.86. The maximum Gasteiger partial charge on any atom is 0.155 e. The van der Waals surface area contributed by atoms with Crippen LogP contribution in [0.2, 0.25) is 0 Å². The van der Waals surface area contributed by atoms with Crippen LogP contribution in [0.5, 0.6) is 0 Å². The molecule has 0 aromatic carbocycles. The van der Waals surface area contributed by atoms with E-state index < -0.39 is 0 Å². The third-order valence-electron chi connectivity index (χ3n) is 7.65. The number of allylic oxidation sites excluding steroid dienone is 1. The van der Waals surface area contributed by atoms with Crippen molar-refractivity contribution < 1.29 is 15.0 Å². The van der Waals surface area contributed by atoms with E-state index in [0.717, 1.165) is 32.1 Å². The lowest BCUT2D eigenvalue weighted by molar-refractivity contribution is -0.116. The van der Waals surface area contributed by atoms with Crippen molar-refractivity contribution in [2.75, 3.05) is 6.61 Å². The van der Waals surface area contributed by atoms with Crippen LogP contribution in [0.4, 0.5) is 0 Å². The number of carbonyl (C=O) groups is 1. The fourth-order valence-corrected chi connectivity index (χ4v) is 6.51. The van der Waals surface area contributed by atoms with Gasteiger partial charge in [-0.2, -0.15) is 0 Å². The molecule has 0 spiro atoms. The maximum atomic E-state index is 11.7. The van der Waals surface area contributed by atoms with Crippen LogP contribution in [0.25, 0.3) is 0 Å². The lowest BCUT2D eigenvalue weighted by Crippen LogP contribution is -2.47. The van der Waals surface area contributed by atoms with Gasteiger partial charge in [-0.3, -0.25) is 4.79 Å². The van der Waals surface area contributed by atoms with Gasteiger partial charge in [-0.05, 0) is 73.7 Å². The molecule has 0 amide bonds. The Labute approximate surface area is 132 Å². The predicted octanol–water partition coefficient (Wildman–Crippen LogP) is 2.71. The fraction of sp³-hybridized carbons (Fsp3) is 0.842. The minimum atomic E-state index is -0.340. The average Bonchev–Trinajstić information content (AvgIpc) is 2.78. The molecule has 0 aliphatic heterocycles. The largest absolute Gasteiger partial charge is 0.396 e. The van der Waals surface area contributed by atoms with E-state index >= 15 is 0 Å². The molecular weight excluding hydrogens is 276 g/mol. The third kappa shape index (κ3) is 1.98. The lowest BCUT2D eigenvalue weighted by atomic mass is 9.52. The van der Waals surface area contributed by atoms with E-state index in [0.29, 0.717) is 29.5 Å². The Morgan fingerprint density at radius 2 is 2.05 bits per heavy atom. The smallest absolute Gasteiger partial charge is 0.155 e. The van der Waals surface area contributed by atoms with Crippen molar-refractivity contribution in [3.63, 3.8) is 0 Å². The van der Waals surface area contributed by atoms with Crippen LogP contribution in [-0.4, -0.2) is 28.7 Å². The molecule has 22 heavy (non-hydrogen) atoms. The normalized spacial score (nSPS) is 50.9. The Balaban J connectivity index is 1.62. The maximum absolute atomic E-state index is 11.7. The van der Waals surface area contributed by atoms with Crippen LogP contribution < -0.4 is 0 Å². The summed E-state index contributed by atoms with van der Waals surface area (Å²) in [5, 5.41) is 20.3. The molecule has 3 nitrogen and oxygen atoms in total. The summed E-state index contributed by atoms with van der Waals surface area (Å²) < 4.78 is 0. The van der Waals surface area contributed by atoms with E-state index in [4.69, 9.17) is 0 Å². The first-order valence-electron chi connectivity index (χ1n) is 9.07. The molecule has 0 bridgehead atoms. The van der Waals surface area contributed by atoms with Crippen LogP contribution >= 0.6 is 0 Å². The molecule has 4 aliphatic rings. The summed E-state index contributed by atoms with van der Waals surface area (Å²) in [6, 6.07) is 0.